The Bertz CT molecular complexity index is 589. The maximum atomic E-state index is 12.4. The van der Waals surface area contributed by atoms with Crippen molar-refractivity contribution in [1.29, 1.82) is 0 Å². The average Bonchev–Trinajstić information content (AvgIpc) is 2.31. The van der Waals surface area contributed by atoms with Gasteiger partial charge in [0.1, 0.15) is 17.0 Å². The van der Waals surface area contributed by atoms with E-state index in [1.807, 2.05) is 0 Å². The highest BCUT2D eigenvalue weighted by Gasteiger charge is 2.48. The molecule has 0 aromatic heterocycles. The molecular formula is C15H18F3NO4. The lowest BCUT2D eigenvalue weighted by molar-refractivity contribution is -0.275. The molecule has 0 spiro atoms. The van der Waals surface area contributed by atoms with E-state index < -0.39 is 29.4 Å². The van der Waals surface area contributed by atoms with Crippen LogP contribution in [0.2, 0.25) is 0 Å². The molecule has 1 saturated heterocycles. The first-order valence-electron chi connectivity index (χ1n) is 6.95. The molecule has 1 aromatic rings. The topological polar surface area (TPSA) is 59.0 Å². The number of β-amino-alcohol motifs (C(OH)–C–C–N with tert-alkyl or cyclic N) is 1. The van der Waals surface area contributed by atoms with Crippen molar-refractivity contribution in [3.8, 4) is 5.75 Å². The standard InChI is InChI=1S/C15H18F3NO4/c1-13(2,3)23-12(20)19-8-14(21,9-19)10-6-4-5-7-11(10)22-15(16,17)18/h4-7,21H,8-9H2,1-3H3. The van der Waals surface area contributed by atoms with Crippen molar-refractivity contribution < 1.29 is 32.5 Å². The number of amides is 1. The fourth-order valence-electron chi connectivity index (χ4n) is 2.28. The molecule has 2 rings (SSSR count). The van der Waals surface area contributed by atoms with Gasteiger partial charge in [0, 0.05) is 5.56 Å². The van der Waals surface area contributed by atoms with Gasteiger partial charge in [-0.25, -0.2) is 4.79 Å². The molecule has 0 bridgehead atoms. The van der Waals surface area contributed by atoms with Crippen molar-refractivity contribution in [1.82, 2.24) is 4.90 Å². The Labute approximate surface area is 131 Å². The van der Waals surface area contributed by atoms with Gasteiger partial charge in [-0.2, -0.15) is 0 Å². The number of benzene rings is 1. The predicted molar refractivity (Wildman–Crippen MR) is 74.8 cm³/mol. The first-order valence-corrected chi connectivity index (χ1v) is 6.95. The summed E-state index contributed by atoms with van der Waals surface area (Å²) in [4.78, 5) is 13.1. The van der Waals surface area contributed by atoms with Crippen LogP contribution >= 0.6 is 0 Å². The van der Waals surface area contributed by atoms with E-state index in [9.17, 15) is 23.1 Å². The molecule has 1 aliphatic rings. The molecule has 1 aromatic carbocycles. The molecule has 0 atom stereocenters. The zero-order valence-electron chi connectivity index (χ0n) is 13.0. The van der Waals surface area contributed by atoms with Gasteiger partial charge < -0.3 is 19.5 Å². The third-order valence-electron chi connectivity index (χ3n) is 3.17. The summed E-state index contributed by atoms with van der Waals surface area (Å²) in [6.07, 6.45) is -5.49. The molecule has 1 N–H and O–H groups in total. The quantitative estimate of drug-likeness (QED) is 0.904. The normalized spacial score (nSPS) is 17.4. The molecule has 0 aliphatic carbocycles. The Kier molecular flexibility index (Phi) is 4.23. The maximum Gasteiger partial charge on any atom is 0.573 e. The fourth-order valence-corrected chi connectivity index (χ4v) is 2.28. The number of rotatable bonds is 2. The van der Waals surface area contributed by atoms with E-state index in [1.165, 1.54) is 23.1 Å². The SMILES string of the molecule is CC(C)(C)OC(=O)N1CC(O)(c2ccccc2OC(F)(F)F)C1. The highest BCUT2D eigenvalue weighted by atomic mass is 19.4. The van der Waals surface area contributed by atoms with Crippen molar-refractivity contribution in [3.05, 3.63) is 29.8 Å². The first-order chi connectivity index (χ1) is 10.4. The Hall–Kier alpha value is -1.96. The largest absolute Gasteiger partial charge is 0.573 e. The smallest absolute Gasteiger partial charge is 0.444 e. The van der Waals surface area contributed by atoms with Crippen LogP contribution in [0.3, 0.4) is 0 Å². The van der Waals surface area contributed by atoms with Gasteiger partial charge in [0.25, 0.3) is 0 Å². The molecule has 1 aliphatic heterocycles. The molecule has 8 heteroatoms. The number of alkyl halides is 3. The Morgan fingerprint density at radius 2 is 1.78 bits per heavy atom. The second kappa shape index (κ2) is 5.59. The van der Waals surface area contributed by atoms with Gasteiger partial charge in [0.15, 0.2) is 0 Å². The van der Waals surface area contributed by atoms with Gasteiger partial charge in [-0.05, 0) is 26.8 Å². The summed E-state index contributed by atoms with van der Waals surface area (Å²) in [6.45, 7) is 4.76. The van der Waals surface area contributed by atoms with Crippen LogP contribution in [-0.2, 0) is 10.3 Å². The minimum atomic E-state index is -4.86. The van der Waals surface area contributed by atoms with E-state index in [-0.39, 0.29) is 18.7 Å². The zero-order valence-corrected chi connectivity index (χ0v) is 13.0. The number of carbonyl (C=O) groups excluding carboxylic acids is 1. The van der Waals surface area contributed by atoms with Gasteiger partial charge in [-0.1, -0.05) is 18.2 Å². The summed E-state index contributed by atoms with van der Waals surface area (Å²) >= 11 is 0. The molecule has 1 heterocycles. The molecule has 0 saturated carbocycles. The molecule has 1 amide bonds. The van der Waals surface area contributed by atoms with E-state index in [0.29, 0.717) is 0 Å². The predicted octanol–water partition coefficient (Wildman–Crippen LogP) is 3.02. The minimum Gasteiger partial charge on any atom is -0.444 e. The maximum absolute atomic E-state index is 12.4. The van der Waals surface area contributed by atoms with Crippen molar-refractivity contribution in [2.45, 2.75) is 38.3 Å². The Balaban J connectivity index is 2.11. The summed E-state index contributed by atoms with van der Waals surface area (Å²) in [5.74, 6) is -0.480. The summed E-state index contributed by atoms with van der Waals surface area (Å²) in [7, 11) is 0. The van der Waals surface area contributed by atoms with E-state index in [4.69, 9.17) is 4.74 Å². The van der Waals surface area contributed by atoms with Crippen LogP contribution < -0.4 is 4.74 Å². The van der Waals surface area contributed by atoms with Crippen molar-refractivity contribution in [2.75, 3.05) is 13.1 Å². The van der Waals surface area contributed by atoms with Crippen LogP contribution in [0.5, 0.6) is 5.75 Å². The first kappa shape index (κ1) is 17.4. The molecule has 23 heavy (non-hydrogen) atoms. The number of nitrogens with zero attached hydrogens (tertiary/aromatic N) is 1. The summed E-state index contributed by atoms with van der Waals surface area (Å²) in [5.41, 5.74) is -2.31. The van der Waals surface area contributed by atoms with Crippen LogP contribution in [0.4, 0.5) is 18.0 Å². The van der Waals surface area contributed by atoms with E-state index >= 15 is 0 Å². The zero-order chi connectivity index (χ0) is 17.5. The molecule has 5 nitrogen and oxygen atoms in total. The summed E-state index contributed by atoms with van der Waals surface area (Å²) < 4.78 is 46.4. The Morgan fingerprint density at radius 1 is 1.22 bits per heavy atom. The molecule has 128 valence electrons. The second-order valence-corrected chi connectivity index (χ2v) is 6.41. The van der Waals surface area contributed by atoms with Gasteiger partial charge >= 0.3 is 12.5 Å². The van der Waals surface area contributed by atoms with Gasteiger partial charge in [0.05, 0.1) is 13.1 Å². The van der Waals surface area contributed by atoms with Crippen LogP contribution in [0.15, 0.2) is 24.3 Å². The highest BCUT2D eigenvalue weighted by Crippen LogP contribution is 2.39. The van der Waals surface area contributed by atoms with E-state index in [0.717, 1.165) is 6.07 Å². The summed E-state index contributed by atoms with van der Waals surface area (Å²) in [5, 5.41) is 10.5. The van der Waals surface area contributed by atoms with Crippen molar-refractivity contribution in [2.24, 2.45) is 0 Å². The lowest BCUT2D eigenvalue weighted by Crippen LogP contribution is -2.62. The van der Waals surface area contributed by atoms with Crippen molar-refractivity contribution in [3.63, 3.8) is 0 Å². The lowest BCUT2D eigenvalue weighted by Gasteiger charge is -2.46. The van der Waals surface area contributed by atoms with Gasteiger partial charge in [-0.15, -0.1) is 13.2 Å². The number of hydrogen-bond acceptors (Lipinski definition) is 4. The second-order valence-electron chi connectivity index (χ2n) is 6.41. The van der Waals surface area contributed by atoms with E-state index in [1.54, 1.807) is 20.8 Å². The van der Waals surface area contributed by atoms with Crippen LogP contribution in [0.25, 0.3) is 0 Å². The van der Waals surface area contributed by atoms with Crippen LogP contribution in [0, 0.1) is 0 Å². The number of carbonyl (C=O) groups is 1. The number of likely N-dealkylation sites (tertiary alicyclic amines) is 1. The number of ether oxygens (including phenoxy) is 2. The van der Waals surface area contributed by atoms with Gasteiger partial charge in [-0.3, -0.25) is 0 Å². The Morgan fingerprint density at radius 3 is 2.30 bits per heavy atom. The number of halogens is 3. The monoisotopic (exact) mass is 333 g/mol. The third-order valence-corrected chi connectivity index (χ3v) is 3.17. The fraction of sp³-hybridized carbons (Fsp3) is 0.533. The summed E-state index contributed by atoms with van der Waals surface area (Å²) in [6, 6.07) is 5.33. The van der Waals surface area contributed by atoms with Crippen molar-refractivity contribution >= 4 is 6.09 Å². The van der Waals surface area contributed by atoms with E-state index in [2.05, 4.69) is 4.74 Å². The average molecular weight is 333 g/mol. The molecule has 1 fully saturated rings. The molecule has 0 unspecified atom stereocenters. The molecular weight excluding hydrogens is 315 g/mol. The lowest BCUT2D eigenvalue weighted by atomic mass is 9.86. The third kappa shape index (κ3) is 4.28. The molecule has 0 radical (unpaired) electrons. The number of hydrogen-bond donors (Lipinski definition) is 1. The minimum absolute atomic E-state index is 0.0165. The number of aliphatic hydroxyl groups is 1. The van der Waals surface area contributed by atoms with Gasteiger partial charge in [0.2, 0.25) is 0 Å². The van der Waals surface area contributed by atoms with Crippen LogP contribution in [-0.4, -0.2) is 41.2 Å². The number of para-hydroxylation sites is 1. The van der Waals surface area contributed by atoms with Crippen LogP contribution in [0.1, 0.15) is 26.3 Å². The highest BCUT2D eigenvalue weighted by molar-refractivity contribution is 5.70.